The number of aromatic hydroxyl groups is 1. The van der Waals surface area contributed by atoms with Crippen molar-refractivity contribution >= 4 is 12.1 Å². The van der Waals surface area contributed by atoms with Crippen molar-refractivity contribution < 1.29 is 24.5 Å². The lowest BCUT2D eigenvalue weighted by atomic mass is 9.99. The summed E-state index contributed by atoms with van der Waals surface area (Å²) in [6.45, 7) is 3.43. The predicted molar refractivity (Wildman–Crippen MR) is 72.5 cm³/mol. The highest BCUT2D eigenvalue weighted by atomic mass is 16.5. The van der Waals surface area contributed by atoms with Crippen molar-refractivity contribution in [1.82, 2.24) is 5.32 Å². The van der Waals surface area contributed by atoms with Crippen LogP contribution in [0, 0.1) is 5.92 Å². The van der Waals surface area contributed by atoms with Crippen LogP contribution in [0.4, 0.5) is 4.79 Å². The molecule has 0 aliphatic heterocycles. The first kappa shape index (κ1) is 15.6. The standard InChI is InChI=1S/C14H17NO5/c1-2-7-20-14(19)15-9-11(13(17)18)8-10-3-5-12(16)6-4-10/h2-6,11,16H,1,7-9H2,(H,15,19)(H,17,18). The number of amides is 1. The van der Waals surface area contributed by atoms with E-state index >= 15 is 0 Å². The first-order chi connectivity index (χ1) is 9.52. The Labute approximate surface area is 116 Å². The Morgan fingerprint density at radius 3 is 2.55 bits per heavy atom. The van der Waals surface area contributed by atoms with Gasteiger partial charge in [-0.1, -0.05) is 24.8 Å². The molecule has 6 heteroatoms. The van der Waals surface area contributed by atoms with E-state index in [4.69, 9.17) is 14.9 Å². The summed E-state index contributed by atoms with van der Waals surface area (Å²) in [6.07, 6.45) is 0.990. The van der Waals surface area contributed by atoms with E-state index in [0.29, 0.717) is 0 Å². The molecule has 0 spiro atoms. The van der Waals surface area contributed by atoms with Gasteiger partial charge >= 0.3 is 12.1 Å². The Morgan fingerprint density at radius 2 is 2.00 bits per heavy atom. The maximum atomic E-state index is 11.2. The lowest BCUT2D eigenvalue weighted by Crippen LogP contribution is -2.34. The van der Waals surface area contributed by atoms with E-state index in [0.717, 1.165) is 5.56 Å². The number of phenols is 1. The second-order valence-corrected chi connectivity index (χ2v) is 4.17. The lowest BCUT2D eigenvalue weighted by molar-refractivity contribution is -0.141. The molecule has 1 aromatic carbocycles. The first-order valence-electron chi connectivity index (χ1n) is 6.05. The van der Waals surface area contributed by atoms with Crippen LogP contribution in [0.25, 0.3) is 0 Å². The third-order valence-corrected chi connectivity index (χ3v) is 2.59. The van der Waals surface area contributed by atoms with Gasteiger partial charge in [-0.25, -0.2) is 4.79 Å². The normalized spacial score (nSPS) is 11.4. The van der Waals surface area contributed by atoms with Crippen molar-refractivity contribution in [3.63, 3.8) is 0 Å². The van der Waals surface area contributed by atoms with Crippen LogP contribution < -0.4 is 5.32 Å². The SMILES string of the molecule is C=CCOC(=O)NCC(Cc1ccc(O)cc1)C(=O)O. The molecule has 3 N–H and O–H groups in total. The first-order valence-corrected chi connectivity index (χ1v) is 6.05. The number of hydrogen-bond acceptors (Lipinski definition) is 4. The second-order valence-electron chi connectivity index (χ2n) is 4.17. The van der Waals surface area contributed by atoms with E-state index in [9.17, 15) is 9.59 Å². The predicted octanol–water partition coefficient (Wildman–Crippen LogP) is 1.55. The van der Waals surface area contributed by atoms with Gasteiger partial charge in [0.15, 0.2) is 0 Å². The van der Waals surface area contributed by atoms with Gasteiger partial charge in [0.25, 0.3) is 0 Å². The van der Waals surface area contributed by atoms with Gasteiger partial charge in [0.05, 0.1) is 5.92 Å². The molecule has 6 nitrogen and oxygen atoms in total. The topological polar surface area (TPSA) is 95.9 Å². The van der Waals surface area contributed by atoms with E-state index in [1.165, 1.54) is 18.2 Å². The molecule has 0 radical (unpaired) electrons. The van der Waals surface area contributed by atoms with Crippen LogP contribution in [0.3, 0.4) is 0 Å². The van der Waals surface area contributed by atoms with Gasteiger partial charge in [-0.15, -0.1) is 0 Å². The summed E-state index contributed by atoms with van der Waals surface area (Å²) in [5.41, 5.74) is 0.761. The van der Waals surface area contributed by atoms with Crippen LogP contribution in [-0.2, 0) is 16.0 Å². The van der Waals surface area contributed by atoms with Crippen molar-refractivity contribution in [2.24, 2.45) is 5.92 Å². The summed E-state index contributed by atoms with van der Waals surface area (Å²) in [5.74, 6) is -1.66. The molecule has 0 bridgehead atoms. The van der Waals surface area contributed by atoms with Gasteiger partial charge in [0, 0.05) is 6.54 Å². The molecule has 0 saturated heterocycles. The van der Waals surface area contributed by atoms with Crippen LogP contribution in [0.5, 0.6) is 5.75 Å². The quantitative estimate of drug-likeness (QED) is 0.658. The maximum absolute atomic E-state index is 11.2. The number of benzene rings is 1. The molecule has 0 saturated carbocycles. The van der Waals surface area contributed by atoms with Crippen molar-refractivity contribution in [2.75, 3.05) is 13.2 Å². The van der Waals surface area contributed by atoms with Gasteiger partial charge in [0.2, 0.25) is 0 Å². The second kappa shape index (κ2) is 7.83. The van der Waals surface area contributed by atoms with Gasteiger partial charge in [-0.3, -0.25) is 4.79 Å². The summed E-state index contributed by atoms with van der Waals surface area (Å²) >= 11 is 0. The summed E-state index contributed by atoms with van der Waals surface area (Å²) in [7, 11) is 0. The average molecular weight is 279 g/mol. The van der Waals surface area contributed by atoms with Crippen molar-refractivity contribution in [3.05, 3.63) is 42.5 Å². The van der Waals surface area contributed by atoms with Crippen LogP contribution in [0.1, 0.15) is 5.56 Å². The third-order valence-electron chi connectivity index (χ3n) is 2.59. The molecule has 0 aliphatic carbocycles. The number of aliphatic carboxylic acids is 1. The zero-order chi connectivity index (χ0) is 15.0. The van der Waals surface area contributed by atoms with E-state index < -0.39 is 18.0 Å². The van der Waals surface area contributed by atoms with Crippen molar-refractivity contribution in [3.8, 4) is 5.75 Å². The highest BCUT2D eigenvalue weighted by molar-refractivity contribution is 5.73. The van der Waals surface area contributed by atoms with Crippen LogP contribution in [0.2, 0.25) is 0 Å². The number of hydrogen-bond donors (Lipinski definition) is 3. The molecule has 1 aromatic rings. The fraction of sp³-hybridized carbons (Fsp3) is 0.286. The molecule has 1 amide bonds. The molecule has 0 aliphatic rings. The molecule has 0 aromatic heterocycles. The summed E-state index contributed by atoms with van der Waals surface area (Å²) in [5, 5.41) is 20.7. The number of ether oxygens (including phenoxy) is 1. The number of carbonyl (C=O) groups is 2. The minimum absolute atomic E-state index is 0.0355. The van der Waals surface area contributed by atoms with Crippen LogP contribution in [-0.4, -0.2) is 35.4 Å². The zero-order valence-electron chi connectivity index (χ0n) is 10.9. The molecule has 1 atom stereocenters. The lowest BCUT2D eigenvalue weighted by Gasteiger charge is -2.13. The molecule has 1 unspecified atom stereocenters. The average Bonchev–Trinajstić information content (AvgIpc) is 2.42. The Kier molecular flexibility index (Phi) is 6.09. The number of carboxylic acid groups (broad SMARTS) is 1. The molecule has 0 heterocycles. The molecule has 0 fully saturated rings. The van der Waals surface area contributed by atoms with Gasteiger partial charge in [-0.2, -0.15) is 0 Å². The monoisotopic (exact) mass is 279 g/mol. The number of carboxylic acids is 1. The minimum atomic E-state index is -1.01. The highest BCUT2D eigenvalue weighted by Crippen LogP contribution is 2.13. The fourth-order valence-electron chi connectivity index (χ4n) is 1.56. The number of phenolic OH excluding ortho intramolecular Hbond substituents is 1. The molecule has 1 rings (SSSR count). The highest BCUT2D eigenvalue weighted by Gasteiger charge is 2.19. The van der Waals surface area contributed by atoms with Crippen molar-refractivity contribution in [1.29, 1.82) is 0 Å². The van der Waals surface area contributed by atoms with Crippen LogP contribution in [0.15, 0.2) is 36.9 Å². The van der Waals surface area contributed by atoms with Gasteiger partial charge < -0.3 is 20.3 Å². The van der Waals surface area contributed by atoms with Gasteiger partial charge in [-0.05, 0) is 24.1 Å². The Hall–Kier alpha value is -2.50. The number of nitrogens with one attached hydrogen (secondary N) is 1. The van der Waals surface area contributed by atoms with Gasteiger partial charge in [0.1, 0.15) is 12.4 Å². The Balaban J connectivity index is 2.52. The third kappa shape index (κ3) is 5.43. The summed E-state index contributed by atoms with van der Waals surface area (Å²) in [4.78, 5) is 22.4. The number of carbonyl (C=O) groups excluding carboxylic acids is 1. The van der Waals surface area contributed by atoms with E-state index in [-0.39, 0.29) is 25.3 Å². The molecular formula is C14H17NO5. The smallest absolute Gasteiger partial charge is 0.407 e. The van der Waals surface area contributed by atoms with Crippen molar-refractivity contribution in [2.45, 2.75) is 6.42 Å². The Bertz CT molecular complexity index is 469. The molecular weight excluding hydrogens is 262 g/mol. The maximum Gasteiger partial charge on any atom is 0.407 e. The van der Waals surface area contributed by atoms with E-state index in [2.05, 4.69) is 11.9 Å². The molecule has 108 valence electrons. The number of rotatable bonds is 7. The van der Waals surface area contributed by atoms with Crippen LogP contribution >= 0.6 is 0 Å². The van der Waals surface area contributed by atoms with E-state index in [1.807, 2.05) is 0 Å². The molecule has 20 heavy (non-hydrogen) atoms. The Morgan fingerprint density at radius 1 is 1.35 bits per heavy atom. The minimum Gasteiger partial charge on any atom is -0.508 e. The fourth-order valence-corrected chi connectivity index (χ4v) is 1.56. The zero-order valence-corrected chi connectivity index (χ0v) is 10.9. The summed E-state index contributed by atoms with van der Waals surface area (Å²) in [6, 6.07) is 6.25. The van der Waals surface area contributed by atoms with E-state index in [1.54, 1.807) is 12.1 Å². The number of alkyl carbamates (subject to hydrolysis) is 1. The largest absolute Gasteiger partial charge is 0.508 e. The summed E-state index contributed by atoms with van der Waals surface area (Å²) < 4.78 is 4.69.